The molecule has 0 aromatic heterocycles. The molecule has 0 aliphatic carbocycles. The van der Waals surface area contributed by atoms with Gasteiger partial charge in [0.2, 0.25) is 0 Å². The molecule has 0 N–H and O–H groups in total. The fraction of sp³-hybridized carbons (Fsp3) is 0.188. The minimum Gasteiger partial charge on any atom is -0.294 e. The summed E-state index contributed by atoms with van der Waals surface area (Å²) >= 11 is 5.67. The van der Waals surface area contributed by atoms with Gasteiger partial charge >= 0.3 is 0 Å². The number of rotatable bonds is 4. The number of hydrogen-bond acceptors (Lipinski definition) is 1. The SMILES string of the molecule is Cc1ccc(CCC(=O)c2ccc(F)c(Cl)c2)cc1. The Hall–Kier alpha value is -1.67. The molecule has 0 fully saturated rings. The van der Waals surface area contributed by atoms with E-state index < -0.39 is 5.82 Å². The number of ketones is 1. The molecule has 0 unspecified atom stereocenters. The minimum atomic E-state index is -0.503. The fourth-order valence-electron chi connectivity index (χ4n) is 1.83. The van der Waals surface area contributed by atoms with Gasteiger partial charge in [-0.05, 0) is 37.1 Å². The molecule has 19 heavy (non-hydrogen) atoms. The van der Waals surface area contributed by atoms with Gasteiger partial charge < -0.3 is 0 Å². The van der Waals surface area contributed by atoms with Crippen LogP contribution in [-0.4, -0.2) is 5.78 Å². The smallest absolute Gasteiger partial charge is 0.163 e. The van der Waals surface area contributed by atoms with Crippen LogP contribution < -0.4 is 0 Å². The van der Waals surface area contributed by atoms with Crippen LogP contribution in [0, 0.1) is 12.7 Å². The van der Waals surface area contributed by atoms with E-state index >= 15 is 0 Å². The van der Waals surface area contributed by atoms with Crippen LogP contribution in [0.15, 0.2) is 42.5 Å². The predicted octanol–water partition coefficient (Wildman–Crippen LogP) is 4.60. The summed E-state index contributed by atoms with van der Waals surface area (Å²) in [6, 6.07) is 12.2. The first kappa shape index (κ1) is 13.8. The van der Waals surface area contributed by atoms with Gasteiger partial charge in [0.15, 0.2) is 5.78 Å². The summed E-state index contributed by atoms with van der Waals surface area (Å²) in [5.74, 6) is -0.528. The van der Waals surface area contributed by atoms with E-state index in [1.807, 2.05) is 31.2 Å². The second kappa shape index (κ2) is 5.98. The molecule has 2 aromatic carbocycles. The van der Waals surface area contributed by atoms with Crippen molar-refractivity contribution in [2.24, 2.45) is 0 Å². The van der Waals surface area contributed by atoms with E-state index in [9.17, 15) is 9.18 Å². The summed E-state index contributed by atoms with van der Waals surface area (Å²) < 4.78 is 13.0. The molecule has 0 radical (unpaired) electrons. The van der Waals surface area contributed by atoms with Gasteiger partial charge in [0.1, 0.15) is 5.82 Å². The van der Waals surface area contributed by atoms with Crippen LogP contribution in [0.3, 0.4) is 0 Å². The van der Waals surface area contributed by atoms with E-state index in [1.165, 1.54) is 23.8 Å². The maximum absolute atomic E-state index is 13.0. The van der Waals surface area contributed by atoms with Gasteiger partial charge in [-0.25, -0.2) is 4.39 Å². The first-order valence-corrected chi connectivity index (χ1v) is 6.48. The first-order valence-electron chi connectivity index (χ1n) is 6.10. The largest absolute Gasteiger partial charge is 0.294 e. The monoisotopic (exact) mass is 276 g/mol. The van der Waals surface area contributed by atoms with E-state index in [1.54, 1.807) is 0 Å². The molecule has 0 bridgehead atoms. The third-order valence-corrected chi connectivity index (χ3v) is 3.29. The first-order chi connectivity index (χ1) is 9.06. The number of halogens is 2. The minimum absolute atomic E-state index is 0.0128. The zero-order valence-corrected chi connectivity index (χ0v) is 11.4. The van der Waals surface area contributed by atoms with Crippen molar-refractivity contribution in [2.75, 3.05) is 0 Å². The highest BCUT2D eigenvalue weighted by atomic mass is 35.5. The molecule has 98 valence electrons. The van der Waals surface area contributed by atoms with Crippen molar-refractivity contribution in [3.63, 3.8) is 0 Å². The second-order valence-corrected chi connectivity index (χ2v) is 4.94. The van der Waals surface area contributed by atoms with Crippen LogP contribution in [0.1, 0.15) is 27.9 Å². The molecule has 0 amide bonds. The molecule has 2 aromatic rings. The van der Waals surface area contributed by atoms with Crippen molar-refractivity contribution >= 4 is 17.4 Å². The van der Waals surface area contributed by atoms with E-state index in [0.29, 0.717) is 18.4 Å². The molecule has 0 aliphatic rings. The molecule has 0 spiro atoms. The van der Waals surface area contributed by atoms with Crippen molar-refractivity contribution in [3.05, 3.63) is 70.0 Å². The highest BCUT2D eigenvalue weighted by Crippen LogP contribution is 2.18. The van der Waals surface area contributed by atoms with Crippen LogP contribution in [0.5, 0.6) is 0 Å². The Bertz CT molecular complexity index is 590. The maximum Gasteiger partial charge on any atom is 0.163 e. The summed E-state index contributed by atoms with van der Waals surface area (Å²) in [5, 5.41) is -0.0128. The van der Waals surface area contributed by atoms with Crippen molar-refractivity contribution < 1.29 is 9.18 Å². The lowest BCUT2D eigenvalue weighted by atomic mass is 10.0. The van der Waals surface area contributed by atoms with Gasteiger partial charge in [0, 0.05) is 12.0 Å². The predicted molar refractivity (Wildman–Crippen MR) is 75.2 cm³/mol. The fourth-order valence-corrected chi connectivity index (χ4v) is 2.01. The highest BCUT2D eigenvalue weighted by molar-refractivity contribution is 6.31. The standard InChI is InChI=1S/C16H14ClFO/c1-11-2-4-12(5-3-11)6-9-16(19)13-7-8-15(18)14(17)10-13/h2-5,7-8,10H,6,9H2,1H3. The number of hydrogen-bond donors (Lipinski definition) is 0. The Morgan fingerprint density at radius 2 is 1.84 bits per heavy atom. The summed E-state index contributed by atoms with van der Waals surface area (Å²) in [7, 11) is 0. The molecule has 1 nitrogen and oxygen atoms in total. The maximum atomic E-state index is 13.0. The van der Waals surface area contributed by atoms with Crippen molar-refractivity contribution in [2.45, 2.75) is 19.8 Å². The van der Waals surface area contributed by atoms with Crippen LogP contribution in [0.25, 0.3) is 0 Å². The summed E-state index contributed by atoms with van der Waals surface area (Å²) in [4.78, 5) is 12.0. The van der Waals surface area contributed by atoms with Gasteiger partial charge in [-0.15, -0.1) is 0 Å². The normalized spacial score (nSPS) is 10.5. The van der Waals surface area contributed by atoms with Gasteiger partial charge in [-0.3, -0.25) is 4.79 Å². The Balaban J connectivity index is 2.01. The molecule has 2 rings (SSSR count). The Kier molecular flexibility index (Phi) is 4.33. The second-order valence-electron chi connectivity index (χ2n) is 4.54. The lowest BCUT2D eigenvalue weighted by Gasteiger charge is -2.03. The van der Waals surface area contributed by atoms with Crippen LogP contribution in [0.2, 0.25) is 5.02 Å². The van der Waals surface area contributed by atoms with Crippen LogP contribution in [-0.2, 0) is 6.42 Å². The van der Waals surface area contributed by atoms with Gasteiger partial charge in [-0.1, -0.05) is 41.4 Å². The van der Waals surface area contributed by atoms with E-state index in [2.05, 4.69) is 0 Å². The Morgan fingerprint density at radius 1 is 1.16 bits per heavy atom. The summed E-state index contributed by atoms with van der Waals surface area (Å²) in [5.41, 5.74) is 2.77. The zero-order valence-electron chi connectivity index (χ0n) is 10.6. The molecule has 0 aliphatic heterocycles. The molecular formula is C16H14ClFO. The molecule has 0 saturated heterocycles. The Morgan fingerprint density at radius 3 is 2.47 bits per heavy atom. The van der Waals surface area contributed by atoms with E-state index in [-0.39, 0.29) is 10.8 Å². The Labute approximate surface area is 117 Å². The number of carbonyl (C=O) groups excluding carboxylic acids is 1. The average Bonchev–Trinajstić information content (AvgIpc) is 2.41. The molecule has 0 heterocycles. The van der Waals surface area contributed by atoms with Crippen LogP contribution >= 0.6 is 11.6 Å². The average molecular weight is 277 g/mol. The van der Waals surface area contributed by atoms with E-state index in [4.69, 9.17) is 11.6 Å². The van der Waals surface area contributed by atoms with Crippen molar-refractivity contribution in [1.82, 2.24) is 0 Å². The zero-order chi connectivity index (χ0) is 13.8. The number of carbonyl (C=O) groups is 1. The summed E-state index contributed by atoms with van der Waals surface area (Å²) in [6.07, 6.45) is 1.07. The molecule has 0 saturated carbocycles. The molecule has 0 atom stereocenters. The lowest BCUT2D eigenvalue weighted by molar-refractivity contribution is 0.0983. The van der Waals surface area contributed by atoms with Gasteiger partial charge in [-0.2, -0.15) is 0 Å². The van der Waals surface area contributed by atoms with Crippen molar-refractivity contribution in [3.8, 4) is 0 Å². The third kappa shape index (κ3) is 3.65. The third-order valence-electron chi connectivity index (χ3n) is 3.00. The highest BCUT2D eigenvalue weighted by Gasteiger charge is 2.09. The summed E-state index contributed by atoms with van der Waals surface area (Å²) in [6.45, 7) is 2.02. The number of aryl methyl sites for hydroxylation is 2. The van der Waals surface area contributed by atoms with Gasteiger partial charge in [0.25, 0.3) is 0 Å². The van der Waals surface area contributed by atoms with Gasteiger partial charge in [0.05, 0.1) is 5.02 Å². The molecule has 3 heteroatoms. The molecular weight excluding hydrogens is 263 g/mol. The number of benzene rings is 2. The quantitative estimate of drug-likeness (QED) is 0.746. The van der Waals surface area contributed by atoms with Crippen molar-refractivity contribution in [1.29, 1.82) is 0 Å². The topological polar surface area (TPSA) is 17.1 Å². The lowest BCUT2D eigenvalue weighted by Crippen LogP contribution is -2.01. The van der Waals surface area contributed by atoms with Crippen LogP contribution in [0.4, 0.5) is 4.39 Å². The van der Waals surface area contributed by atoms with E-state index in [0.717, 1.165) is 5.56 Å². The number of Topliss-reactive ketones (excluding diaryl/α,β-unsaturated/α-hetero) is 1.